The molecule has 0 aromatic rings. The molecule has 0 rings (SSSR count). The van der Waals surface area contributed by atoms with Gasteiger partial charge in [0.05, 0.1) is 18.9 Å². The highest BCUT2D eigenvalue weighted by Gasteiger charge is 2.50. The van der Waals surface area contributed by atoms with E-state index in [2.05, 4.69) is 11.7 Å². The number of unbranched alkanes of at least 4 members (excludes halogenated alkanes) is 15. The predicted molar refractivity (Wildman–Crippen MR) is 137 cm³/mol. The lowest BCUT2D eigenvalue weighted by atomic mass is 9.81. The van der Waals surface area contributed by atoms with Gasteiger partial charge in [-0.3, -0.25) is 9.59 Å². The van der Waals surface area contributed by atoms with Crippen molar-refractivity contribution < 1.29 is 49.4 Å². The van der Waals surface area contributed by atoms with Gasteiger partial charge in [-0.15, -0.1) is 0 Å². The smallest absolute Gasteiger partial charge is 0.345 e. The van der Waals surface area contributed by atoms with Crippen molar-refractivity contribution in [1.82, 2.24) is 0 Å². The molecule has 0 aliphatic heterocycles. The third kappa shape index (κ3) is 15.7. The molecule has 10 nitrogen and oxygen atoms in total. The topological polar surface area (TPSA) is 179 Å². The minimum absolute atomic E-state index is 0.212. The van der Waals surface area contributed by atoms with Crippen LogP contribution in [-0.4, -0.2) is 67.7 Å². The Bertz CT molecular complexity index is 666. The van der Waals surface area contributed by atoms with Gasteiger partial charge in [-0.25, -0.2) is 9.59 Å². The molecule has 10 heteroatoms. The molecule has 0 amide bonds. The van der Waals surface area contributed by atoms with Crippen molar-refractivity contribution in [3.8, 4) is 0 Å². The number of aliphatic hydroxyl groups excluding tert-OH is 2. The first-order chi connectivity index (χ1) is 17.6. The molecule has 216 valence electrons. The highest BCUT2D eigenvalue weighted by molar-refractivity contribution is 5.94. The van der Waals surface area contributed by atoms with Gasteiger partial charge < -0.3 is 30.3 Å². The molecule has 0 radical (unpaired) electrons. The molecular weight excluding hydrogens is 484 g/mol. The lowest BCUT2D eigenvalue weighted by Crippen LogP contribution is -2.51. The van der Waals surface area contributed by atoms with Gasteiger partial charge in [0, 0.05) is 0 Å². The van der Waals surface area contributed by atoms with Gasteiger partial charge in [-0.1, -0.05) is 110 Å². The SMILES string of the molecule is CCCCCCCCCCCCCCCCCCC(C(=O)OC(=O)C(O)CO)C(O)(CC(=O)O)C(=O)O. The molecule has 0 spiro atoms. The monoisotopic (exact) mass is 532 g/mol. The fourth-order valence-corrected chi connectivity index (χ4v) is 4.34. The van der Waals surface area contributed by atoms with Gasteiger partial charge in [-0.05, 0) is 6.42 Å². The van der Waals surface area contributed by atoms with Crippen LogP contribution in [0.4, 0.5) is 0 Å². The Morgan fingerprint density at radius 3 is 1.46 bits per heavy atom. The van der Waals surface area contributed by atoms with E-state index in [1.54, 1.807) is 0 Å². The average molecular weight is 533 g/mol. The molecular formula is C27H48O10. The van der Waals surface area contributed by atoms with Crippen LogP contribution in [0.1, 0.15) is 122 Å². The first-order valence-corrected chi connectivity index (χ1v) is 13.8. The van der Waals surface area contributed by atoms with Crippen molar-refractivity contribution in [2.24, 2.45) is 5.92 Å². The molecule has 0 aliphatic carbocycles. The van der Waals surface area contributed by atoms with Crippen LogP contribution in [0.15, 0.2) is 0 Å². The number of aliphatic hydroxyl groups is 3. The molecule has 37 heavy (non-hydrogen) atoms. The summed E-state index contributed by atoms with van der Waals surface area (Å²) in [5.74, 6) is -8.36. The fourth-order valence-electron chi connectivity index (χ4n) is 4.34. The number of esters is 2. The number of rotatable bonds is 24. The van der Waals surface area contributed by atoms with Crippen LogP contribution in [0.2, 0.25) is 0 Å². The Hall–Kier alpha value is -2.04. The number of hydrogen-bond acceptors (Lipinski definition) is 8. The van der Waals surface area contributed by atoms with Gasteiger partial charge in [0.25, 0.3) is 0 Å². The number of carbonyl (C=O) groups is 4. The summed E-state index contributed by atoms with van der Waals surface area (Å²) >= 11 is 0. The molecule has 0 aromatic carbocycles. The molecule has 5 N–H and O–H groups in total. The first-order valence-electron chi connectivity index (χ1n) is 13.8. The number of carboxylic acids is 2. The highest BCUT2D eigenvalue weighted by atomic mass is 16.6. The molecule has 0 aromatic heterocycles. The summed E-state index contributed by atoms with van der Waals surface area (Å²) in [5, 5.41) is 47.1. The van der Waals surface area contributed by atoms with Crippen LogP contribution in [0.5, 0.6) is 0 Å². The standard InChI is InChI=1S/C27H48O10/c1-2-3-4-5-6-7-8-9-10-11-12-13-14-15-16-17-18-21(24(32)37-25(33)22(29)20-28)27(36,26(34)35)19-23(30)31/h21-22,28-29,36H,2-20H2,1H3,(H,30,31)(H,34,35). The average Bonchev–Trinajstić information content (AvgIpc) is 2.84. The van der Waals surface area contributed by atoms with Crippen LogP contribution < -0.4 is 0 Å². The zero-order valence-electron chi connectivity index (χ0n) is 22.4. The second kappa shape index (κ2) is 21.0. The van der Waals surface area contributed by atoms with E-state index in [1.165, 1.54) is 64.2 Å². The normalized spacial score (nSPS) is 14.5. The van der Waals surface area contributed by atoms with E-state index in [0.29, 0.717) is 12.8 Å². The fraction of sp³-hybridized carbons (Fsp3) is 0.852. The van der Waals surface area contributed by atoms with E-state index in [9.17, 15) is 34.5 Å². The molecule has 0 bridgehead atoms. The molecule has 3 unspecified atom stereocenters. The van der Waals surface area contributed by atoms with E-state index < -0.39 is 54.5 Å². The maximum atomic E-state index is 12.4. The molecule has 0 heterocycles. The van der Waals surface area contributed by atoms with Gasteiger partial charge in [0.15, 0.2) is 11.7 Å². The van der Waals surface area contributed by atoms with Gasteiger partial charge in [0.1, 0.15) is 0 Å². The number of aliphatic carboxylic acids is 2. The van der Waals surface area contributed by atoms with Crippen molar-refractivity contribution in [2.45, 2.75) is 134 Å². The molecule has 0 saturated heterocycles. The van der Waals surface area contributed by atoms with Gasteiger partial charge in [0.2, 0.25) is 0 Å². The van der Waals surface area contributed by atoms with Crippen molar-refractivity contribution in [1.29, 1.82) is 0 Å². The van der Waals surface area contributed by atoms with Crippen molar-refractivity contribution >= 4 is 23.9 Å². The number of ether oxygens (including phenoxy) is 1. The van der Waals surface area contributed by atoms with E-state index in [4.69, 9.17) is 10.2 Å². The number of carbonyl (C=O) groups excluding carboxylic acids is 2. The Labute approximate surface area is 220 Å². The maximum absolute atomic E-state index is 12.4. The van der Waals surface area contributed by atoms with E-state index in [-0.39, 0.29) is 6.42 Å². The van der Waals surface area contributed by atoms with Crippen LogP contribution in [-0.2, 0) is 23.9 Å². The maximum Gasteiger partial charge on any atom is 0.345 e. The zero-order chi connectivity index (χ0) is 28.1. The summed E-state index contributed by atoms with van der Waals surface area (Å²) in [4.78, 5) is 46.9. The van der Waals surface area contributed by atoms with Crippen molar-refractivity contribution in [3.05, 3.63) is 0 Å². The first kappa shape index (κ1) is 35.0. The minimum atomic E-state index is -2.98. The largest absolute Gasteiger partial charge is 0.481 e. The van der Waals surface area contributed by atoms with Gasteiger partial charge >= 0.3 is 23.9 Å². The molecule has 0 fully saturated rings. The van der Waals surface area contributed by atoms with E-state index in [1.807, 2.05) is 0 Å². The Morgan fingerprint density at radius 2 is 1.11 bits per heavy atom. The summed E-state index contributed by atoms with van der Waals surface area (Å²) in [6.45, 7) is 1.20. The number of hydrogen-bond donors (Lipinski definition) is 5. The summed E-state index contributed by atoms with van der Waals surface area (Å²) in [5.41, 5.74) is -2.98. The van der Waals surface area contributed by atoms with Gasteiger partial charge in [-0.2, -0.15) is 0 Å². The predicted octanol–water partition coefficient (Wildman–Crippen LogP) is 3.97. The van der Waals surface area contributed by atoms with Crippen LogP contribution >= 0.6 is 0 Å². The van der Waals surface area contributed by atoms with Crippen LogP contribution in [0.3, 0.4) is 0 Å². The van der Waals surface area contributed by atoms with Crippen LogP contribution in [0.25, 0.3) is 0 Å². The Morgan fingerprint density at radius 1 is 0.703 bits per heavy atom. The molecule has 3 atom stereocenters. The lowest BCUT2D eigenvalue weighted by molar-refractivity contribution is -0.186. The van der Waals surface area contributed by atoms with E-state index in [0.717, 1.165) is 25.7 Å². The quantitative estimate of drug-likeness (QED) is 0.0693. The third-order valence-electron chi connectivity index (χ3n) is 6.64. The number of carboxylic acid groups (broad SMARTS) is 2. The van der Waals surface area contributed by atoms with E-state index >= 15 is 0 Å². The van der Waals surface area contributed by atoms with Crippen molar-refractivity contribution in [2.75, 3.05) is 6.61 Å². The second-order valence-electron chi connectivity index (χ2n) is 9.88. The minimum Gasteiger partial charge on any atom is -0.481 e. The zero-order valence-corrected chi connectivity index (χ0v) is 22.4. The van der Waals surface area contributed by atoms with Crippen LogP contribution in [0, 0.1) is 5.92 Å². The Kier molecular flexibility index (Phi) is 19.8. The Balaban J connectivity index is 4.39. The lowest BCUT2D eigenvalue weighted by Gasteiger charge is -2.29. The second-order valence-corrected chi connectivity index (χ2v) is 9.88. The summed E-state index contributed by atoms with van der Waals surface area (Å²) < 4.78 is 4.42. The highest BCUT2D eigenvalue weighted by Crippen LogP contribution is 2.29. The molecule has 0 saturated carbocycles. The third-order valence-corrected chi connectivity index (χ3v) is 6.64. The summed E-state index contributed by atoms with van der Waals surface area (Å²) in [6.07, 6.45) is 14.4. The summed E-state index contributed by atoms with van der Waals surface area (Å²) in [6, 6.07) is 0. The summed E-state index contributed by atoms with van der Waals surface area (Å²) in [7, 11) is 0. The van der Waals surface area contributed by atoms with Crippen molar-refractivity contribution in [3.63, 3.8) is 0 Å². The molecule has 0 aliphatic rings.